The van der Waals surface area contributed by atoms with E-state index in [4.69, 9.17) is 5.73 Å². The average molecular weight is 150 g/mol. The van der Waals surface area contributed by atoms with Crippen molar-refractivity contribution in [2.24, 2.45) is 0 Å². The van der Waals surface area contributed by atoms with Crippen molar-refractivity contribution in [1.82, 2.24) is 15.0 Å². The Kier molecular flexibility index (Phi) is 1.00. The number of anilines is 1. The lowest BCUT2D eigenvalue weighted by atomic mass is 10.4. The van der Waals surface area contributed by atoms with Crippen LogP contribution >= 0.6 is 0 Å². The smallest absolute Gasteiger partial charge is 0.348 e. The highest BCUT2D eigenvalue weighted by atomic mass is 16.1. The molecule has 0 aromatic carbocycles. The van der Waals surface area contributed by atoms with Gasteiger partial charge in [0.25, 0.3) is 0 Å². The van der Waals surface area contributed by atoms with Crippen molar-refractivity contribution in [3.63, 3.8) is 0 Å². The molecule has 0 spiro atoms. The van der Waals surface area contributed by atoms with Gasteiger partial charge in [0, 0.05) is 6.20 Å². The first kappa shape index (κ1) is 5.96. The molecule has 2 heterocycles. The van der Waals surface area contributed by atoms with Crippen LogP contribution in [0.4, 0.5) is 5.82 Å². The number of aromatic amines is 2. The summed E-state index contributed by atoms with van der Waals surface area (Å²) in [6.45, 7) is 0. The molecule has 0 saturated heterocycles. The highest BCUT2D eigenvalue weighted by Crippen LogP contribution is 2.11. The van der Waals surface area contributed by atoms with Gasteiger partial charge in [-0.2, -0.15) is 4.98 Å². The van der Waals surface area contributed by atoms with Crippen LogP contribution in [0.25, 0.3) is 11.0 Å². The lowest BCUT2D eigenvalue weighted by Crippen LogP contribution is -2.12. The number of nitrogen functional groups attached to an aromatic ring is 1. The number of fused-ring (bicyclic) bond motifs is 1. The summed E-state index contributed by atoms with van der Waals surface area (Å²) in [6.07, 6.45) is 1.68. The second-order valence-electron chi connectivity index (χ2n) is 2.20. The predicted molar refractivity (Wildman–Crippen MR) is 41.1 cm³/mol. The van der Waals surface area contributed by atoms with Crippen molar-refractivity contribution >= 4 is 16.9 Å². The number of nitrogens with zero attached hydrogens (tertiary/aromatic N) is 1. The zero-order valence-electron chi connectivity index (χ0n) is 5.59. The van der Waals surface area contributed by atoms with E-state index >= 15 is 0 Å². The Morgan fingerprint density at radius 1 is 1.55 bits per heavy atom. The van der Waals surface area contributed by atoms with E-state index in [0.29, 0.717) is 11.5 Å². The third-order valence-corrected chi connectivity index (χ3v) is 1.47. The van der Waals surface area contributed by atoms with E-state index in [1.54, 1.807) is 12.3 Å². The summed E-state index contributed by atoms with van der Waals surface area (Å²) in [5.74, 6) is 0.348. The van der Waals surface area contributed by atoms with Crippen molar-refractivity contribution in [1.29, 1.82) is 0 Å². The molecule has 0 saturated carbocycles. The third-order valence-electron chi connectivity index (χ3n) is 1.47. The molecule has 2 aromatic rings. The van der Waals surface area contributed by atoms with Gasteiger partial charge in [-0.25, -0.2) is 4.79 Å². The zero-order chi connectivity index (χ0) is 7.84. The summed E-state index contributed by atoms with van der Waals surface area (Å²) in [4.78, 5) is 19.6. The predicted octanol–water partition coefficient (Wildman–Crippen LogP) is -0.167. The number of rotatable bonds is 0. The summed E-state index contributed by atoms with van der Waals surface area (Å²) >= 11 is 0. The molecule has 11 heavy (non-hydrogen) atoms. The molecule has 0 amide bonds. The van der Waals surface area contributed by atoms with Gasteiger partial charge >= 0.3 is 5.69 Å². The van der Waals surface area contributed by atoms with Crippen LogP contribution in [-0.4, -0.2) is 15.0 Å². The molecule has 56 valence electrons. The molecule has 2 rings (SSSR count). The number of aromatic nitrogens is 3. The molecule has 0 fully saturated rings. The van der Waals surface area contributed by atoms with Crippen molar-refractivity contribution < 1.29 is 0 Å². The van der Waals surface area contributed by atoms with Crippen LogP contribution in [0.2, 0.25) is 0 Å². The summed E-state index contributed by atoms with van der Waals surface area (Å²) in [5.41, 5.74) is 5.57. The fourth-order valence-electron chi connectivity index (χ4n) is 0.982. The zero-order valence-corrected chi connectivity index (χ0v) is 5.59. The molecule has 2 aromatic heterocycles. The lowest BCUT2D eigenvalue weighted by molar-refractivity contribution is 1.11. The first-order valence-electron chi connectivity index (χ1n) is 3.10. The Balaban J connectivity index is 3.02. The first-order valence-corrected chi connectivity index (χ1v) is 3.10. The number of nitrogens with two attached hydrogens (primary N) is 1. The molecule has 5 heteroatoms. The Hall–Kier alpha value is -1.78. The van der Waals surface area contributed by atoms with E-state index in [-0.39, 0.29) is 0 Å². The minimum absolute atomic E-state index is 0.348. The molecule has 0 aliphatic carbocycles. The summed E-state index contributed by atoms with van der Waals surface area (Å²) in [7, 11) is 0. The maximum absolute atomic E-state index is 10.7. The Morgan fingerprint density at radius 2 is 2.36 bits per heavy atom. The van der Waals surface area contributed by atoms with Gasteiger partial charge in [0.1, 0.15) is 11.5 Å². The van der Waals surface area contributed by atoms with Gasteiger partial charge in [-0.15, -0.1) is 0 Å². The fraction of sp³-hybridized carbons (Fsp3) is 0. The van der Waals surface area contributed by atoms with E-state index in [9.17, 15) is 4.79 Å². The van der Waals surface area contributed by atoms with Gasteiger partial charge in [0.2, 0.25) is 0 Å². The van der Waals surface area contributed by atoms with Crippen LogP contribution in [0.1, 0.15) is 0 Å². The van der Waals surface area contributed by atoms with Crippen molar-refractivity contribution in [3.8, 4) is 0 Å². The maximum atomic E-state index is 10.7. The molecular weight excluding hydrogens is 144 g/mol. The van der Waals surface area contributed by atoms with E-state index < -0.39 is 5.69 Å². The maximum Gasteiger partial charge on any atom is 0.348 e. The minimum Gasteiger partial charge on any atom is -0.385 e. The molecule has 4 N–H and O–H groups in total. The summed E-state index contributed by atoms with van der Waals surface area (Å²) in [6, 6.07) is 1.76. The molecule has 0 bridgehead atoms. The third kappa shape index (κ3) is 0.778. The van der Waals surface area contributed by atoms with Crippen LogP contribution in [0.15, 0.2) is 17.1 Å². The fourth-order valence-corrected chi connectivity index (χ4v) is 0.982. The Bertz CT molecular complexity index is 441. The Morgan fingerprint density at radius 3 is 3.18 bits per heavy atom. The van der Waals surface area contributed by atoms with E-state index in [1.807, 2.05) is 0 Å². The van der Waals surface area contributed by atoms with E-state index in [1.165, 1.54) is 0 Å². The molecule has 0 aliphatic rings. The SMILES string of the molecule is Nc1[nH]c(=O)nc2[nH]ccc12. The number of H-pyrrole nitrogens is 2. The van der Waals surface area contributed by atoms with E-state index in [2.05, 4.69) is 15.0 Å². The lowest BCUT2D eigenvalue weighted by Gasteiger charge is -1.91. The molecule has 0 unspecified atom stereocenters. The van der Waals surface area contributed by atoms with Gasteiger partial charge in [-0.3, -0.25) is 4.98 Å². The van der Waals surface area contributed by atoms with Crippen LogP contribution in [0.5, 0.6) is 0 Å². The van der Waals surface area contributed by atoms with Crippen molar-refractivity contribution in [2.45, 2.75) is 0 Å². The van der Waals surface area contributed by atoms with Gasteiger partial charge in [0.15, 0.2) is 0 Å². The molecular formula is C6H6N4O. The van der Waals surface area contributed by atoms with Crippen molar-refractivity contribution in [3.05, 3.63) is 22.7 Å². The summed E-state index contributed by atoms with van der Waals surface area (Å²) < 4.78 is 0. The van der Waals surface area contributed by atoms with Crippen molar-refractivity contribution in [2.75, 3.05) is 5.73 Å². The monoisotopic (exact) mass is 150 g/mol. The highest BCUT2D eigenvalue weighted by molar-refractivity contribution is 5.85. The van der Waals surface area contributed by atoms with E-state index in [0.717, 1.165) is 5.39 Å². The topological polar surface area (TPSA) is 87.6 Å². The van der Waals surface area contributed by atoms with Crippen LogP contribution in [0, 0.1) is 0 Å². The van der Waals surface area contributed by atoms with Gasteiger partial charge < -0.3 is 10.7 Å². The highest BCUT2D eigenvalue weighted by Gasteiger charge is 1.99. The average Bonchev–Trinajstić information content (AvgIpc) is 2.34. The van der Waals surface area contributed by atoms with Gasteiger partial charge in [-0.05, 0) is 6.07 Å². The minimum atomic E-state index is -0.433. The van der Waals surface area contributed by atoms with Crippen LogP contribution < -0.4 is 11.4 Å². The number of hydrogen-bond donors (Lipinski definition) is 3. The number of nitrogens with one attached hydrogen (secondary N) is 2. The standard InChI is InChI=1S/C6H6N4O/c7-4-3-1-2-8-5(3)10-6(11)9-4/h1-2H,(H4,7,8,9,10,11). The Labute approximate surface area is 61.3 Å². The molecule has 0 radical (unpaired) electrons. The van der Waals surface area contributed by atoms with Gasteiger partial charge in [-0.1, -0.05) is 0 Å². The normalized spacial score (nSPS) is 10.5. The molecule has 5 nitrogen and oxygen atoms in total. The molecule has 0 atom stereocenters. The molecule has 0 aliphatic heterocycles. The largest absolute Gasteiger partial charge is 0.385 e. The quantitative estimate of drug-likeness (QED) is 0.487. The first-order chi connectivity index (χ1) is 5.27. The second kappa shape index (κ2) is 1.85. The van der Waals surface area contributed by atoms with Crippen LogP contribution in [0.3, 0.4) is 0 Å². The second-order valence-corrected chi connectivity index (χ2v) is 2.20. The summed E-state index contributed by atoms with van der Waals surface area (Å²) in [5, 5.41) is 0.740. The van der Waals surface area contributed by atoms with Gasteiger partial charge in [0.05, 0.1) is 5.39 Å². The van der Waals surface area contributed by atoms with Crippen LogP contribution in [-0.2, 0) is 0 Å². The number of hydrogen-bond acceptors (Lipinski definition) is 3.